The van der Waals surface area contributed by atoms with Crippen molar-refractivity contribution >= 4 is 0 Å². The third-order valence-electron chi connectivity index (χ3n) is 2.55. The molecule has 4 nitrogen and oxygen atoms in total. The molecule has 2 heterocycles. The van der Waals surface area contributed by atoms with Crippen molar-refractivity contribution in [3.05, 3.63) is 41.5 Å². The third kappa shape index (κ3) is 1.64. The Kier molecular flexibility index (Phi) is 2.51. The lowest BCUT2D eigenvalue weighted by Crippen LogP contribution is -2.01. The van der Waals surface area contributed by atoms with Gasteiger partial charge in [0.1, 0.15) is 0 Å². The molecule has 2 aromatic rings. The Labute approximate surface area is 88.8 Å². The highest BCUT2D eigenvalue weighted by Gasteiger charge is 2.10. The summed E-state index contributed by atoms with van der Waals surface area (Å²) < 4.78 is 1.90. The van der Waals surface area contributed by atoms with Crippen LogP contribution in [0.2, 0.25) is 0 Å². The molecule has 0 aliphatic rings. The minimum atomic E-state index is 0.531. The lowest BCUT2D eigenvalue weighted by atomic mass is 10.2. The monoisotopic (exact) mass is 202 g/mol. The first kappa shape index (κ1) is 9.86. The SMILES string of the molecule is Cc1nn(-c2ccncc2)c(C)c1CN. The van der Waals surface area contributed by atoms with Crippen LogP contribution in [-0.4, -0.2) is 14.8 Å². The van der Waals surface area contributed by atoms with Gasteiger partial charge in [-0.2, -0.15) is 5.10 Å². The van der Waals surface area contributed by atoms with Crippen LogP contribution in [0.25, 0.3) is 5.69 Å². The van der Waals surface area contributed by atoms with E-state index in [-0.39, 0.29) is 0 Å². The predicted octanol–water partition coefficient (Wildman–Crippen LogP) is 1.34. The number of aryl methyl sites for hydroxylation is 1. The van der Waals surface area contributed by atoms with E-state index in [9.17, 15) is 0 Å². The van der Waals surface area contributed by atoms with Crippen LogP contribution in [0.3, 0.4) is 0 Å². The molecule has 78 valence electrons. The van der Waals surface area contributed by atoms with Crippen LogP contribution in [0.5, 0.6) is 0 Å². The first-order valence-electron chi connectivity index (χ1n) is 4.89. The van der Waals surface area contributed by atoms with Gasteiger partial charge in [-0.25, -0.2) is 4.68 Å². The summed E-state index contributed by atoms with van der Waals surface area (Å²) in [7, 11) is 0. The quantitative estimate of drug-likeness (QED) is 0.799. The molecule has 0 amide bonds. The summed E-state index contributed by atoms with van der Waals surface area (Å²) in [6, 6.07) is 3.86. The molecule has 0 fully saturated rings. The van der Waals surface area contributed by atoms with E-state index < -0.39 is 0 Å². The predicted molar refractivity (Wildman–Crippen MR) is 58.7 cm³/mol. The largest absolute Gasteiger partial charge is 0.326 e. The van der Waals surface area contributed by atoms with Gasteiger partial charge in [-0.05, 0) is 26.0 Å². The highest BCUT2D eigenvalue weighted by atomic mass is 15.3. The number of nitrogens with zero attached hydrogens (tertiary/aromatic N) is 3. The van der Waals surface area contributed by atoms with Gasteiger partial charge in [0, 0.05) is 30.2 Å². The van der Waals surface area contributed by atoms with Crippen molar-refractivity contribution in [3.63, 3.8) is 0 Å². The maximum Gasteiger partial charge on any atom is 0.0679 e. The third-order valence-corrected chi connectivity index (χ3v) is 2.55. The summed E-state index contributed by atoms with van der Waals surface area (Å²) in [5, 5.41) is 4.46. The first-order chi connectivity index (χ1) is 7.24. The van der Waals surface area contributed by atoms with Crippen molar-refractivity contribution in [2.24, 2.45) is 5.73 Å². The Bertz CT molecular complexity index is 459. The molecule has 4 heteroatoms. The number of pyridine rings is 1. The molecule has 0 radical (unpaired) electrons. The topological polar surface area (TPSA) is 56.7 Å². The molecule has 0 atom stereocenters. The molecule has 0 unspecified atom stereocenters. The summed E-state index contributed by atoms with van der Waals surface area (Å²) in [5.74, 6) is 0. The minimum Gasteiger partial charge on any atom is -0.326 e. The fourth-order valence-electron chi connectivity index (χ4n) is 1.71. The Hall–Kier alpha value is -1.68. The second kappa shape index (κ2) is 3.82. The van der Waals surface area contributed by atoms with Crippen LogP contribution in [0.4, 0.5) is 0 Å². The average molecular weight is 202 g/mol. The Morgan fingerprint density at radius 1 is 1.27 bits per heavy atom. The smallest absolute Gasteiger partial charge is 0.0679 e. The molecule has 0 aliphatic heterocycles. The van der Waals surface area contributed by atoms with Gasteiger partial charge in [0.2, 0.25) is 0 Å². The standard InChI is InChI=1S/C11H14N4/c1-8-11(7-12)9(2)15(14-8)10-3-5-13-6-4-10/h3-6H,7,12H2,1-2H3. The van der Waals surface area contributed by atoms with Gasteiger partial charge in [0.15, 0.2) is 0 Å². The van der Waals surface area contributed by atoms with Crippen LogP contribution in [-0.2, 0) is 6.54 Å². The van der Waals surface area contributed by atoms with Gasteiger partial charge in [-0.3, -0.25) is 4.98 Å². The summed E-state index contributed by atoms with van der Waals surface area (Å²) in [6.45, 7) is 4.54. The van der Waals surface area contributed by atoms with Crippen molar-refractivity contribution in [2.75, 3.05) is 0 Å². The van der Waals surface area contributed by atoms with Crippen LogP contribution in [0.15, 0.2) is 24.5 Å². The number of aromatic nitrogens is 3. The van der Waals surface area contributed by atoms with E-state index >= 15 is 0 Å². The molecule has 2 aromatic heterocycles. The van der Waals surface area contributed by atoms with E-state index in [0.717, 1.165) is 22.6 Å². The molecule has 0 saturated heterocycles. The maximum absolute atomic E-state index is 5.68. The molecular formula is C11H14N4. The van der Waals surface area contributed by atoms with Crippen LogP contribution >= 0.6 is 0 Å². The van der Waals surface area contributed by atoms with Gasteiger partial charge in [0.05, 0.1) is 11.4 Å². The zero-order valence-corrected chi connectivity index (χ0v) is 8.94. The summed E-state index contributed by atoms with van der Waals surface area (Å²) in [4.78, 5) is 3.98. The first-order valence-corrected chi connectivity index (χ1v) is 4.89. The second-order valence-corrected chi connectivity index (χ2v) is 3.47. The molecule has 2 N–H and O–H groups in total. The van der Waals surface area contributed by atoms with Crippen molar-refractivity contribution in [2.45, 2.75) is 20.4 Å². The fraction of sp³-hybridized carbons (Fsp3) is 0.273. The highest BCUT2D eigenvalue weighted by molar-refractivity contribution is 5.35. The van der Waals surface area contributed by atoms with E-state index in [1.807, 2.05) is 30.7 Å². The van der Waals surface area contributed by atoms with Gasteiger partial charge >= 0.3 is 0 Å². The van der Waals surface area contributed by atoms with E-state index in [0.29, 0.717) is 6.54 Å². The van der Waals surface area contributed by atoms with Gasteiger partial charge < -0.3 is 5.73 Å². The van der Waals surface area contributed by atoms with Crippen molar-refractivity contribution in [3.8, 4) is 5.69 Å². The Morgan fingerprint density at radius 3 is 2.47 bits per heavy atom. The van der Waals surface area contributed by atoms with E-state index in [4.69, 9.17) is 5.73 Å². The molecule has 2 rings (SSSR count). The summed E-state index contributed by atoms with van der Waals surface area (Å²) in [5.41, 5.74) is 9.90. The number of nitrogens with two attached hydrogens (primary N) is 1. The van der Waals surface area contributed by atoms with Crippen LogP contribution in [0.1, 0.15) is 17.0 Å². The van der Waals surface area contributed by atoms with E-state index in [1.54, 1.807) is 12.4 Å². The molecule has 0 spiro atoms. The Balaban J connectivity index is 2.55. The highest BCUT2D eigenvalue weighted by Crippen LogP contribution is 2.16. The second-order valence-electron chi connectivity index (χ2n) is 3.47. The molecule has 0 aliphatic carbocycles. The van der Waals surface area contributed by atoms with Crippen LogP contribution < -0.4 is 5.73 Å². The molecular weight excluding hydrogens is 188 g/mol. The number of hydrogen-bond donors (Lipinski definition) is 1. The average Bonchev–Trinajstić information content (AvgIpc) is 2.55. The van der Waals surface area contributed by atoms with Crippen LogP contribution in [0, 0.1) is 13.8 Å². The zero-order valence-electron chi connectivity index (χ0n) is 8.94. The Morgan fingerprint density at radius 2 is 1.93 bits per heavy atom. The normalized spacial score (nSPS) is 10.6. The van der Waals surface area contributed by atoms with Gasteiger partial charge in [-0.1, -0.05) is 0 Å². The fourth-order valence-corrected chi connectivity index (χ4v) is 1.71. The lowest BCUT2D eigenvalue weighted by Gasteiger charge is -2.03. The number of hydrogen-bond acceptors (Lipinski definition) is 3. The summed E-state index contributed by atoms with van der Waals surface area (Å²) in [6.07, 6.45) is 3.52. The van der Waals surface area contributed by atoms with Crippen molar-refractivity contribution in [1.82, 2.24) is 14.8 Å². The maximum atomic E-state index is 5.68. The summed E-state index contributed by atoms with van der Waals surface area (Å²) >= 11 is 0. The minimum absolute atomic E-state index is 0.531. The molecule has 15 heavy (non-hydrogen) atoms. The molecule has 0 saturated carbocycles. The van der Waals surface area contributed by atoms with Gasteiger partial charge in [0.25, 0.3) is 0 Å². The van der Waals surface area contributed by atoms with E-state index in [1.165, 1.54) is 0 Å². The molecule has 0 aromatic carbocycles. The van der Waals surface area contributed by atoms with Crippen molar-refractivity contribution < 1.29 is 0 Å². The lowest BCUT2D eigenvalue weighted by molar-refractivity contribution is 0.830. The van der Waals surface area contributed by atoms with Crippen molar-refractivity contribution in [1.29, 1.82) is 0 Å². The zero-order chi connectivity index (χ0) is 10.8. The number of rotatable bonds is 2. The van der Waals surface area contributed by atoms with E-state index in [2.05, 4.69) is 10.1 Å². The molecule has 0 bridgehead atoms. The van der Waals surface area contributed by atoms with Gasteiger partial charge in [-0.15, -0.1) is 0 Å².